The molecule has 1 aliphatic heterocycles. The topological polar surface area (TPSA) is 49.4 Å². The number of halogens is 2. The molecular weight excluding hydrogens is 439 g/mol. The van der Waals surface area contributed by atoms with Gasteiger partial charge in [0.25, 0.3) is 0 Å². The first kappa shape index (κ1) is 17.2. The molecule has 1 saturated heterocycles. The average Bonchev–Trinajstić information content (AvgIpc) is 2.93. The highest BCUT2D eigenvalue weighted by Gasteiger charge is 2.35. The maximum atomic E-state index is 12.5. The second-order valence-electron chi connectivity index (χ2n) is 5.83. The minimum atomic E-state index is -0.355. The van der Waals surface area contributed by atoms with E-state index >= 15 is 0 Å². The van der Waals surface area contributed by atoms with Crippen molar-refractivity contribution in [2.75, 3.05) is 16.8 Å². The van der Waals surface area contributed by atoms with Gasteiger partial charge in [0.15, 0.2) is 0 Å². The Balaban J connectivity index is 1.70. The van der Waals surface area contributed by atoms with Crippen molar-refractivity contribution in [3.8, 4) is 0 Å². The van der Waals surface area contributed by atoms with Crippen LogP contribution in [0.2, 0.25) is 5.02 Å². The zero-order valence-electron chi connectivity index (χ0n) is 13.1. The molecule has 3 rings (SSSR count). The molecule has 4 nitrogen and oxygen atoms in total. The second-order valence-corrected chi connectivity index (χ2v) is 7.51. The van der Waals surface area contributed by atoms with Gasteiger partial charge in [-0.1, -0.05) is 11.6 Å². The number of benzene rings is 2. The van der Waals surface area contributed by atoms with E-state index in [-0.39, 0.29) is 24.2 Å². The monoisotopic (exact) mass is 454 g/mol. The number of nitrogens with zero attached hydrogens (tertiary/aromatic N) is 1. The number of aryl methyl sites for hydroxylation is 1. The Morgan fingerprint density at radius 1 is 1.25 bits per heavy atom. The summed E-state index contributed by atoms with van der Waals surface area (Å²) in [6.07, 6.45) is 0.220. The van der Waals surface area contributed by atoms with Crippen LogP contribution in [0.1, 0.15) is 12.0 Å². The van der Waals surface area contributed by atoms with Crippen LogP contribution < -0.4 is 10.2 Å². The van der Waals surface area contributed by atoms with Gasteiger partial charge in [-0.2, -0.15) is 0 Å². The molecule has 1 unspecified atom stereocenters. The summed E-state index contributed by atoms with van der Waals surface area (Å²) in [7, 11) is 0. The number of carbonyl (C=O) groups excluding carboxylic acids is 2. The van der Waals surface area contributed by atoms with Crippen LogP contribution in [0.5, 0.6) is 0 Å². The summed E-state index contributed by atoms with van der Waals surface area (Å²) in [6.45, 7) is 2.34. The molecule has 0 spiro atoms. The van der Waals surface area contributed by atoms with Gasteiger partial charge in [-0.05, 0) is 77.5 Å². The van der Waals surface area contributed by atoms with E-state index in [1.54, 1.807) is 29.2 Å². The smallest absolute Gasteiger partial charge is 0.229 e. The van der Waals surface area contributed by atoms with E-state index in [1.165, 1.54) is 0 Å². The molecular formula is C18H16ClIN2O2. The molecule has 24 heavy (non-hydrogen) atoms. The fourth-order valence-corrected chi connectivity index (χ4v) is 3.53. The third kappa shape index (κ3) is 3.72. The predicted molar refractivity (Wildman–Crippen MR) is 104 cm³/mol. The van der Waals surface area contributed by atoms with E-state index in [0.717, 1.165) is 20.5 Å². The number of nitrogens with one attached hydrogen (secondary N) is 1. The Bertz CT molecular complexity index is 792. The fourth-order valence-electron chi connectivity index (χ4n) is 2.76. The van der Waals surface area contributed by atoms with Crippen LogP contribution in [-0.2, 0) is 9.59 Å². The van der Waals surface area contributed by atoms with Gasteiger partial charge in [-0.15, -0.1) is 0 Å². The van der Waals surface area contributed by atoms with Crippen molar-refractivity contribution in [3.05, 3.63) is 56.6 Å². The lowest BCUT2D eigenvalue weighted by atomic mass is 10.1. The number of rotatable bonds is 3. The summed E-state index contributed by atoms with van der Waals surface area (Å²) in [5.41, 5.74) is 2.57. The summed E-state index contributed by atoms with van der Waals surface area (Å²) in [4.78, 5) is 26.4. The number of hydrogen-bond donors (Lipinski definition) is 1. The maximum Gasteiger partial charge on any atom is 0.229 e. The molecule has 2 aromatic carbocycles. The Hall–Kier alpha value is -1.60. The summed E-state index contributed by atoms with van der Waals surface area (Å²) in [5.74, 6) is -0.521. The molecule has 2 amide bonds. The van der Waals surface area contributed by atoms with Gasteiger partial charge in [-0.25, -0.2) is 0 Å². The first-order valence-electron chi connectivity index (χ1n) is 7.57. The number of hydrogen-bond acceptors (Lipinski definition) is 2. The molecule has 1 heterocycles. The molecule has 0 saturated carbocycles. The van der Waals surface area contributed by atoms with Crippen molar-refractivity contribution in [2.45, 2.75) is 13.3 Å². The molecule has 1 aliphatic rings. The minimum absolute atomic E-state index is 0.0446. The summed E-state index contributed by atoms with van der Waals surface area (Å²) < 4.78 is 1.12. The lowest BCUT2D eigenvalue weighted by Gasteiger charge is -2.17. The predicted octanol–water partition coefficient (Wildman–Crippen LogP) is 4.24. The van der Waals surface area contributed by atoms with Gasteiger partial charge < -0.3 is 10.2 Å². The highest BCUT2D eigenvalue weighted by molar-refractivity contribution is 14.1. The van der Waals surface area contributed by atoms with E-state index in [9.17, 15) is 9.59 Å². The van der Waals surface area contributed by atoms with E-state index in [1.807, 2.05) is 25.1 Å². The lowest BCUT2D eigenvalue weighted by molar-refractivity contribution is -0.122. The van der Waals surface area contributed by atoms with Crippen molar-refractivity contribution in [3.63, 3.8) is 0 Å². The Morgan fingerprint density at radius 3 is 2.62 bits per heavy atom. The largest absolute Gasteiger partial charge is 0.326 e. The average molecular weight is 455 g/mol. The summed E-state index contributed by atoms with van der Waals surface area (Å²) in [5, 5.41) is 3.56. The Kier molecular flexibility index (Phi) is 5.10. The Labute approximate surface area is 159 Å². The quantitative estimate of drug-likeness (QED) is 0.705. The van der Waals surface area contributed by atoms with Crippen LogP contribution in [-0.4, -0.2) is 18.4 Å². The SMILES string of the molecule is Cc1cc(I)ccc1NC(=O)C1CC(=O)N(c2ccc(Cl)cc2)C1. The van der Waals surface area contributed by atoms with Crippen molar-refractivity contribution in [1.29, 1.82) is 0 Å². The van der Waals surface area contributed by atoms with Crippen molar-refractivity contribution < 1.29 is 9.59 Å². The van der Waals surface area contributed by atoms with E-state index < -0.39 is 0 Å². The number of amides is 2. The number of carbonyl (C=O) groups is 2. The first-order chi connectivity index (χ1) is 11.4. The van der Waals surface area contributed by atoms with Crippen LogP contribution in [0.15, 0.2) is 42.5 Å². The van der Waals surface area contributed by atoms with Crippen molar-refractivity contribution in [1.82, 2.24) is 0 Å². The first-order valence-corrected chi connectivity index (χ1v) is 9.02. The van der Waals surface area contributed by atoms with Gasteiger partial charge in [0.1, 0.15) is 0 Å². The van der Waals surface area contributed by atoms with Gasteiger partial charge in [0.05, 0.1) is 5.92 Å². The van der Waals surface area contributed by atoms with Gasteiger partial charge in [-0.3, -0.25) is 9.59 Å². The molecule has 2 aromatic rings. The molecule has 6 heteroatoms. The molecule has 0 radical (unpaired) electrons. The molecule has 1 N–H and O–H groups in total. The zero-order valence-corrected chi connectivity index (χ0v) is 16.0. The zero-order chi connectivity index (χ0) is 17.3. The van der Waals surface area contributed by atoms with Crippen LogP contribution >= 0.6 is 34.2 Å². The van der Waals surface area contributed by atoms with Crippen LogP contribution in [0.25, 0.3) is 0 Å². The molecule has 0 aromatic heterocycles. The van der Waals surface area contributed by atoms with E-state index in [2.05, 4.69) is 27.9 Å². The molecule has 0 aliphatic carbocycles. The molecule has 124 valence electrons. The van der Waals surface area contributed by atoms with Crippen LogP contribution in [0.3, 0.4) is 0 Å². The normalized spacial score (nSPS) is 17.2. The summed E-state index contributed by atoms with van der Waals surface area (Å²) in [6, 6.07) is 12.9. The Morgan fingerprint density at radius 2 is 1.96 bits per heavy atom. The lowest BCUT2D eigenvalue weighted by Crippen LogP contribution is -2.28. The van der Waals surface area contributed by atoms with Crippen LogP contribution in [0, 0.1) is 16.4 Å². The molecule has 1 atom stereocenters. The second kappa shape index (κ2) is 7.11. The van der Waals surface area contributed by atoms with Gasteiger partial charge in [0.2, 0.25) is 11.8 Å². The summed E-state index contributed by atoms with van der Waals surface area (Å²) >= 11 is 8.12. The van der Waals surface area contributed by atoms with Crippen molar-refractivity contribution >= 4 is 57.4 Å². The molecule has 1 fully saturated rings. The van der Waals surface area contributed by atoms with Crippen molar-refractivity contribution in [2.24, 2.45) is 5.92 Å². The third-order valence-electron chi connectivity index (χ3n) is 4.08. The van der Waals surface area contributed by atoms with E-state index in [0.29, 0.717) is 11.6 Å². The minimum Gasteiger partial charge on any atom is -0.326 e. The van der Waals surface area contributed by atoms with Crippen LogP contribution in [0.4, 0.5) is 11.4 Å². The maximum absolute atomic E-state index is 12.5. The fraction of sp³-hybridized carbons (Fsp3) is 0.222. The highest BCUT2D eigenvalue weighted by atomic mass is 127. The van der Waals surface area contributed by atoms with Gasteiger partial charge >= 0.3 is 0 Å². The number of anilines is 2. The van der Waals surface area contributed by atoms with Gasteiger partial charge in [0, 0.05) is 32.9 Å². The standard InChI is InChI=1S/C18H16ClIN2O2/c1-11-8-14(20)4-7-16(11)21-18(24)12-9-17(23)22(10-12)15-5-2-13(19)3-6-15/h2-8,12H,9-10H2,1H3,(H,21,24). The van der Waals surface area contributed by atoms with E-state index in [4.69, 9.17) is 11.6 Å². The molecule has 0 bridgehead atoms. The highest BCUT2D eigenvalue weighted by Crippen LogP contribution is 2.27. The third-order valence-corrected chi connectivity index (χ3v) is 5.00.